The maximum absolute atomic E-state index is 12.5. The Labute approximate surface area is 129 Å². The number of hydrogen-bond acceptors (Lipinski definition) is 2. The van der Waals surface area contributed by atoms with E-state index in [1.807, 2.05) is 42.4 Å². The summed E-state index contributed by atoms with van der Waals surface area (Å²) < 4.78 is 1.73. The Morgan fingerprint density at radius 2 is 2.14 bits per heavy atom. The third kappa shape index (κ3) is 3.10. The van der Waals surface area contributed by atoms with Gasteiger partial charge in [-0.05, 0) is 36.1 Å². The van der Waals surface area contributed by atoms with Gasteiger partial charge in [-0.3, -0.25) is 9.48 Å². The molecule has 0 N–H and O–H groups in total. The van der Waals surface area contributed by atoms with Crippen molar-refractivity contribution in [1.82, 2.24) is 14.7 Å². The molecule has 1 fully saturated rings. The van der Waals surface area contributed by atoms with Gasteiger partial charge in [-0.1, -0.05) is 23.7 Å². The summed E-state index contributed by atoms with van der Waals surface area (Å²) in [6.45, 7) is 0.826. The number of nitrogens with zero attached hydrogens (tertiary/aromatic N) is 3. The highest BCUT2D eigenvalue weighted by Gasteiger charge is 2.29. The summed E-state index contributed by atoms with van der Waals surface area (Å²) in [7, 11) is 1.86. The molecular weight excluding hydrogens is 286 g/mol. The largest absolute Gasteiger partial charge is 0.335 e. The maximum atomic E-state index is 12.5. The Kier molecular flexibility index (Phi) is 3.97. The van der Waals surface area contributed by atoms with Gasteiger partial charge in [-0.25, -0.2) is 0 Å². The molecule has 0 saturated carbocycles. The van der Waals surface area contributed by atoms with Crippen LogP contribution < -0.4 is 0 Å². The van der Waals surface area contributed by atoms with E-state index in [0.717, 1.165) is 35.5 Å². The van der Waals surface area contributed by atoms with Crippen LogP contribution in [-0.2, 0) is 18.3 Å². The fraction of sp³-hybridized carbons (Fsp3) is 0.375. The lowest BCUT2D eigenvalue weighted by molar-refractivity contribution is -0.131. The molecule has 1 aromatic heterocycles. The number of amides is 1. The third-order valence-corrected chi connectivity index (χ3v) is 4.19. The molecule has 1 unspecified atom stereocenters. The Morgan fingerprint density at radius 1 is 1.38 bits per heavy atom. The van der Waals surface area contributed by atoms with E-state index in [0.29, 0.717) is 6.42 Å². The molecule has 0 spiro atoms. The second-order valence-corrected chi connectivity index (χ2v) is 5.93. The number of benzene rings is 1. The lowest BCUT2D eigenvalue weighted by Crippen LogP contribution is -2.31. The van der Waals surface area contributed by atoms with E-state index < -0.39 is 0 Å². The van der Waals surface area contributed by atoms with Gasteiger partial charge in [0, 0.05) is 24.8 Å². The van der Waals surface area contributed by atoms with Crippen molar-refractivity contribution in [2.45, 2.75) is 25.3 Å². The lowest BCUT2D eigenvalue weighted by Gasteiger charge is -2.25. The molecule has 110 valence electrons. The van der Waals surface area contributed by atoms with Gasteiger partial charge in [0.1, 0.15) is 0 Å². The summed E-state index contributed by atoms with van der Waals surface area (Å²) >= 11 is 5.94. The van der Waals surface area contributed by atoms with Crippen molar-refractivity contribution in [3.8, 4) is 0 Å². The van der Waals surface area contributed by atoms with Crippen LogP contribution in [0.3, 0.4) is 0 Å². The van der Waals surface area contributed by atoms with E-state index >= 15 is 0 Å². The first-order valence-electron chi connectivity index (χ1n) is 7.16. The standard InChI is InChI=1S/C16H18ClN3O/c1-19-11-12(10-18-19)9-16(21)20-8-2-3-15(20)13-4-6-14(17)7-5-13/h4-7,10-11,15H,2-3,8-9H2,1H3. The van der Waals surface area contributed by atoms with Crippen molar-refractivity contribution >= 4 is 17.5 Å². The molecule has 2 heterocycles. The fourth-order valence-electron chi connectivity index (χ4n) is 2.94. The van der Waals surface area contributed by atoms with Crippen molar-refractivity contribution in [2.24, 2.45) is 7.05 Å². The lowest BCUT2D eigenvalue weighted by atomic mass is 10.0. The Morgan fingerprint density at radius 3 is 2.81 bits per heavy atom. The quantitative estimate of drug-likeness (QED) is 0.874. The number of carbonyl (C=O) groups is 1. The van der Waals surface area contributed by atoms with Crippen molar-refractivity contribution in [2.75, 3.05) is 6.54 Å². The number of hydrogen-bond donors (Lipinski definition) is 0. The molecule has 3 rings (SSSR count). The number of likely N-dealkylation sites (tertiary alicyclic amines) is 1. The Hall–Kier alpha value is -1.81. The number of rotatable bonds is 3. The molecule has 1 aliphatic rings. The van der Waals surface area contributed by atoms with Gasteiger partial charge < -0.3 is 4.90 Å². The highest BCUT2D eigenvalue weighted by molar-refractivity contribution is 6.30. The second-order valence-electron chi connectivity index (χ2n) is 5.50. The molecule has 1 aromatic carbocycles. The Bertz CT molecular complexity index is 635. The summed E-state index contributed by atoms with van der Waals surface area (Å²) in [6, 6.07) is 7.98. The molecule has 2 aromatic rings. The molecule has 1 saturated heterocycles. The van der Waals surface area contributed by atoms with Crippen LogP contribution in [0.2, 0.25) is 5.02 Å². The number of aromatic nitrogens is 2. The molecule has 1 aliphatic heterocycles. The number of carbonyl (C=O) groups excluding carboxylic acids is 1. The molecular formula is C16H18ClN3O. The highest BCUT2D eigenvalue weighted by Crippen LogP contribution is 2.32. The molecule has 5 heteroatoms. The monoisotopic (exact) mass is 303 g/mol. The van der Waals surface area contributed by atoms with E-state index in [2.05, 4.69) is 5.10 Å². The molecule has 21 heavy (non-hydrogen) atoms. The van der Waals surface area contributed by atoms with E-state index in [1.54, 1.807) is 10.9 Å². The zero-order valence-corrected chi connectivity index (χ0v) is 12.8. The topological polar surface area (TPSA) is 38.1 Å². The van der Waals surface area contributed by atoms with Crippen LogP contribution >= 0.6 is 11.6 Å². The van der Waals surface area contributed by atoms with Crippen LogP contribution in [-0.4, -0.2) is 27.1 Å². The second kappa shape index (κ2) is 5.90. The maximum Gasteiger partial charge on any atom is 0.227 e. The predicted molar refractivity (Wildman–Crippen MR) is 82.1 cm³/mol. The molecule has 1 amide bonds. The minimum Gasteiger partial charge on any atom is -0.335 e. The van der Waals surface area contributed by atoms with Crippen LogP contribution in [0, 0.1) is 0 Å². The molecule has 1 atom stereocenters. The average molecular weight is 304 g/mol. The summed E-state index contributed by atoms with van der Waals surface area (Å²) in [5.74, 6) is 0.167. The third-order valence-electron chi connectivity index (χ3n) is 3.94. The van der Waals surface area contributed by atoms with Gasteiger partial charge in [0.2, 0.25) is 5.91 Å². The summed E-state index contributed by atoms with van der Waals surface area (Å²) in [4.78, 5) is 14.5. The van der Waals surface area contributed by atoms with Crippen LogP contribution in [0.15, 0.2) is 36.7 Å². The smallest absolute Gasteiger partial charge is 0.227 e. The van der Waals surface area contributed by atoms with Crippen molar-refractivity contribution in [1.29, 1.82) is 0 Å². The number of aryl methyl sites for hydroxylation is 1. The van der Waals surface area contributed by atoms with Gasteiger partial charge in [0.15, 0.2) is 0 Å². The molecule has 0 bridgehead atoms. The van der Waals surface area contributed by atoms with E-state index in [1.165, 1.54) is 0 Å². The van der Waals surface area contributed by atoms with Crippen molar-refractivity contribution in [3.63, 3.8) is 0 Å². The SMILES string of the molecule is Cn1cc(CC(=O)N2CCCC2c2ccc(Cl)cc2)cn1. The van der Waals surface area contributed by atoms with Crippen LogP contribution in [0.5, 0.6) is 0 Å². The summed E-state index contributed by atoms with van der Waals surface area (Å²) in [5.41, 5.74) is 2.13. The van der Waals surface area contributed by atoms with E-state index in [9.17, 15) is 4.79 Å². The molecule has 0 radical (unpaired) electrons. The normalized spacial score (nSPS) is 18.2. The minimum atomic E-state index is 0.167. The summed E-state index contributed by atoms with van der Waals surface area (Å²) in [5, 5.41) is 4.84. The highest BCUT2D eigenvalue weighted by atomic mass is 35.5. The molecule has 0 aliphatic carbocycles. The van der Waals surface area contributed by atoms with Gasteiger partial charge in [-0.15, -0.1) is 0 Å². The van der Waals surface area contributed by atoms with Crippen molar-refractivity contribution in [3.05, 3.63) is 52.8 Å². The van der Waals surface area contributed by atoms with Crippen LogP contribution in [0.25, 0.3) is 0 Å². The minimum absolute atomic E-state index is 0.167. The predicted octanol–water partition coefficient (Wildman–Crippen LogP) is 2.98. The summed E-state index contributed by atoms with van der Waals surface area (Å²) in [6.07, 6.45) is 6.13. The van der Waals surface area contributed by atoms with Crippen LogP contribution in [0.4, 0.5) is 0 Å². The fourth-order valence-corrected chi connectivity index (χ4v) is 3.06. The van der Waals surface area contributed by atoms with E-state index in [-0.39, 0.29) is 11.9 Å². The van der Waals surface area contributed by atoms with Gasteiger partial charge in [0.05, 0.1) is 18.7 Å². The van der Waals surface area contributed by atoms with Crippen LogP contribution in [0.1, 0.15) is 30.0 Å². The average Bonchev–Trinajstić information content (AvgIpc) is 3.09. The first kappa shape index (κ1) is 14.1. The van der Waals surface area contributed by atoms with Gasteiger partial charge in [-0.2, -0.15) is 5.10 Å². The zero-order valence-electron chi connectivity index (χ0n) is 12.0. The molecule has 4 nitrogen and oxygen atoms in total. The zero-order chi connectivity index (χ0) is 14.8. The Balaban J connectivity index is 1.74. The van der Waals surface area contributed by atoms with E-state index in [4.69, 9.17) is 11.6 Å². The van der Waals surface area contributed by atoms with Gasteiger partial charge in [0.25, 0.3) is 0 Å². The number of halogens is 1. The first-order chi connectivity index (χ1) is 10.1. The first-order valence-corrected chi connectivity index (χ1v) is 7.54. The van der Waals surface area contributed by atoms with Crippen molar-refractivity contribution < 1.29 is 4.79 Å². The van der Waals surface area contributed by atoms with Gasteiger partial charge >= 0.3 is 0 Å².